The number of hydrogen-bond donors (Lipinski definition) is 1. The van der Waals surface area contributed by atoms with Crippen molar-refractivity contribution in [1.29, 1.82) is 0 Å². The zero-order valence-electron chi connectivity index (χ0n) is 13.0. The molecule has 0 bridgehead atoms. The second kappa shape index (κ2) is 7.41. The summed E-state index contributed by atoms with van der Waals surface area (Å²) in [4.78, 5) is 12.2. The highest BCUT2D eigenvalue weighted by Crippen LogP contribution is 2.25. The average Bonchev–Trinajstić information content (AvgIpc) is 3.23. The first-order valence-electron chi connectivity index (χ1n) is 8.20. The van der Waals surface area contributed by atoms with E-state index in [4.69, 9.17) is 9.47 Å². The van der Waals surface area contributed by atoms with Crippen molar-refractivity contribution in [1.82, 2.24) is 5.32 Å². The van der Waals surface area contributed by atoms with Crippen molar-refractivity contribution in [2.75, 3.05) is 13.2 Å². The molecule has 116 valence electrons. The van der Waals surface area contributed by atoms with Crippen LogP contribution in [0.15, 0.2) is 0 Å². The molecule has 0 spiro atoms. The van der Waals surface area contributed by atoms with Crippen molar-refractivity contribution >= 4 is 5.97 Å². The Balaban J connectivity index is 1.86. The van der Waals surface area contributed by atoms with Crippen LogP contribution >= 0.6 is 0 Å². The Morgan fingerprint density at radius 2 is 1.80 bits per heavy atom. The summed E-state index contributed by atoms with van der Waals surface area (Å²) >= 11 is 0. The number of carbonyl (C=O) groups excluding carboxylic acids is 1. The minimum atomic E-state index is -0.691. The van der Waals surface area contributed by atoms with Crippen LogP contribution < -0.4 is 5.32 Å². The van der Waals surface area contributed by atoms with E-state index in [1.807, 2.05) is 13.8 Å². The third kappa shape index (κ3) is 4.74. The van der Waals surface area contributed by atoms with E-state index in [2.05, 4.69) is 5.32 Å². The SMILES string of the molecule is CCOC(=O)C(C)(COC1CCCCCC1)NC1CC1. The Labute approximate surface area is 122 Å². The fourth-order valence-corrected chi connectivity index (χ4v) is 2.82. The van der Waals surface area contributed by atoms with E-state index in [1.165, 1.54) is 25.7 Å². The standard InChI is InChI=1S/C16H29NO3/c1-3-19-15(18)16(2,17-13-10-11-13)12-20-14-8-6-4-5-7-9-14/h13-14,17H,3-12H2,1-2H3. The Bertz CT molecular complexity index is 309. The van der Waals surface area contributed by atoms with Gasteiger partial charge in [0.1, 0.15) is 5.54 Å². The van der Waals surface area contributed by atoms with Gasteiger partial charge in [0.2, 0.25) is 0 Å². The lowest BCUT2D eigenvalue weighted by molar-refractivity contribution is -0.154. The van der Waals surface area contributed by atoms with E-state index < -0.39 is 5.54 Å². The largest absolute Gasteiger partial charge is 0.465 e. The lowest BCUT2D eigenvalue weighted by Crippen LogP contribution is -2.55. The number of carbonyl (C=O) groups is 1. The first kappa shape index (κ1) is 15.8. The molecule has 4 heteroatoms. The smallest absolute Gasteiger partial charge is 0.328 e. The normalized spacial score (nSPS) is 23.9. The van der Waals surface area contributed by atoms with Crippen molar-refractivity contribution < 1.29 is 14.3 Å². The van der Waals surface area contributed by atoms with E-state index in [0.29, 0.717) is 25.4 Å². The van der Waals surface area contributed by atoms with Gasteiger partial charge in [-0.05, 0) is 39.5 Å². The highest BCUT2D eigenvalue weighted by atomic mass is 16.5. The second-order valence-corrected chi connectivity index (χ2v) is 6.40. The molecule has 2 aliphatic rings. The fraction of sp³-hybridized carbons (Fsp3) is 0.938. The van der Waals surface area contributed by atoms with Gasteiger partial charge >= 0.3 is 5.97 Å². The van der Waals surface area contributed by atoms with Crippen LogP contribution in [0.25, 0.3) is 0 Å². The van der Waals surface area contributed by atoms with Gasteiger partial charge in [-0.15, -0.1) is 0 Å². The lowest BCUT2D eigenvalue weighted by atomic mass is 10.0. The molecule has 0 aromatic carbocycles. The molecule has 2 aliphatic carbocycles. The third-order valence-corrected chi connectivity index (χ3v) is 4.24. The number of esters is 1. The van der Waals surface area contributed by atoms with Crippen molar-refractivity contribution in [3.05, 3.63) is 0 Å². The molecular formula is C16H29NO3. The molecule has 4 nitrogen and oxygen atoms in total. The molecule has 0 aromatic heterocycles. The lowest BCUT2D eigenvalue weighted by Gasteiger charge is -2.30. The molecule has 1 N–H and O–H groups in total. The summed E-state index contributed by atoms with van der Waals surface area (Å²) in [6, 6.07) is 0.460. The maximum atomic E-state index is 12.2. The number of rotatable bonds is 7. The van der Waals surface area contributed by atoms with Crippen molar-refractivity contribution in [3.8, 4) is 0 Å². The van der Waals surface area contributed by atoms with Crippen LogP contribution in [0.1, 0.15) is 65.2 Å². The average molecular weight is 283 g/mol. The molecule has 2 rings (SSSR count). The van der Waals surface area contributed by atoms with Crippen LogP contribution in [0.2, 0.25) is 0 Å². The van der Waals surface area contributed by atoms with E-state index in [1.54, 1.807) is 0 Å². The summed E-state index contributed by atoms with van der Waals surface area (Å²) in [5.41, 5.74) is -0.691. The summed E-state index contributed by atoms with van der Waals surface area (Å²) in [6.07, 6.45) is 9.99. The minimum absolute atomic E-state index is 0.180. The van der Waals surface area contributed by atoms with Gasteiger partial charge in [0.25, 0.3) is 0 Å². The highest BCUT2D eigenvalue weighted by molar-refractivity contribution is 5.80. The molecule has 1 unspecified atom stereocenters. The third-order valence-electron chi connectivity index (χ3n) is 4.24. The Hall–Kier alpha value is -0.610. The first-order chi connectivity index (χ1) is 9.64. The van der Waals surface area contributed by atoms with Crippen LogP contribution in [0.3, 0.4) is 0 Å². The Morgan fingerprint density at radius 1 is 1.15 bits per heavy atom. The monoisotopic (exact) mass is 283 g/mol. The van der Waals surface area contributed by atoms with E-state index in [0.717, 1.165) is 25.7 Å². The van der Waals surface area contributed by atoms with E-state index in [9.17, 15) is 4.79 Å². The van der Waals surface area contributed by atoms with Gasteiger partial charge in [0.05, 0.1) is 19.3 Å². The zero-order chi connectivity index (χ0) is 14.4. The molecular weight excluding hydrogens is 254 g/mol. The van der Waals surface area contributed by atoms with Crippen LogP contribution in [0.4, 0.5) is 0 Å². The first-order valence-corrected chi connectivity index (χ1v) is 8.20. The molecule has 20 heavy (non-hydrogen) atoms. The summed E-state index contributed by atoms with van der Waals surface area (Å²) < 4.78 is 11.3. The molecule has 2 saturated carbocycles. The molecule has 0 amide bonds. The molecule has 0 radical (unpaired) electrons. The van der Waals surface area contributed by atoms with Crippen LogP contribution in [0.5, 0.6) is 0 Å². The van der Waals surface area contributed by atoms with Crippen molar-refractivity contribution in [3.63, 3.8) is 0 Å². The van der Waals surface area contributed by atoms with E-state index in [-0.39, 0.29) is 5.97 Å². The molecule has 2 fully saturated rings. The van der Waals surface area contributed by atoms with Gasteiger partial charge in [-0.2, -0.15) is 0 Å². The van der Waals surface area contributed by atoms with Crippen LogP contribution in [-0.2, 0) is 14.3 Å². The summed E-state index contributed by atoms with van der Waals surface area (Å²) in [7, 11) is 0. The topological polar surface area (TPSA) is 47.6 Å². The molecule has 0 heterocycles. The molecule has 0 aromatic rings. The maximum absolute atomic E-state index is 12.2. The van der Waals surface area contributed by atoms with Gasteiger partial charge in [-0.3, -0.25) is 5.32 Å². The fourth-order valence-electron chi connectivity index (χ4n) is 2.82. The van der Waals surface area contributed by atoms with Gasteiger partial charge in [0.15, 0.2) is 0 Å². The van der Waals surface area contributed by atoms with Gasteiger partial charge < -0.3 is 9.47 Å². The second-order valence-electron chi connectivity index (χ2n) is 6.40. The maximum Gasteiger partial charge on any atom is 0.328 e. The number of hydrogen-bond acceptors (Lipinski definition) is 4. The van der Waals surface area contributed by atoms with Crippen molar-refractivity contribution in [2.45, 2.75) is 82.9 Å². The summed E-state index contributed by atoms with van der Waals surface area (Å²) in [5, 5.41) is 3.41. The van der Waals surface area contributed by atoms with Crippen LogP contribution in [0, 0.1) is 0 Å². The van der Waals surface area contributed by atoms with Gasteiger partial charge in [0, 0.05) is 6.04 Å². The predicted octanol–water partition coefficient (Wildman–Crippen LogP) is 2.80. The highest BCUT2D eigenvalue weighted by Gasteiger charge is 2.40. The van der Waals surface area contributed by atoms with Crippen LogP contribution in [-0.4, -0.2) is 36.9 Å². The predicted molar refractivity (Wildman–Crippen MR) is 78.6 cm³/mol. The van der Waals surface area contributed by atoms with Crippen molar-refractivity contribution in [2.24, 2.45) is 0 Å². The van der Waals surface area contributed by atoms with Gasteiger partial charge in [-0.25, -0.2) is 4.79 Å². The van der Waals surface area contributed by atoms with Gasteiger partial charge in [-0.1, -0.05) is 25.7 Å². The quantitative estimate of drug-likeness (QED) is 0.576. The Morgan fingerprint density at radius 3 is 2.35 bits per heavy atom. The number of nitrogens with one attached hydrogen (secondary N) is 1. The minimum Gasteiger partial charge on any atom is -0.465 e. The summed E-state index contributed by atoms with van der Waals surface area (Å²) in [6.45, 7) is 4.61. The molecule has 1 atom stereocenters. The Kier molecular flexibility index (Phi) is 5.85. The molecule has 0 aliphatic heterocycles. The van der Waals surface area contributed by atoms with E-state index >= 15 is 0 Å². The number of ether oxygens (including phenoxy) is 2. The summed E-state index contributed by atoms with van der Waals surface area (Å²) in [5.74, 6) is -0.180. The zero-order valence-corrected chi connectivity index (χ0v) is 13.0. The molecule has 0 saturated heterocycles.